The van der Waals surface area contributed by atoms with Crippen LogP contribution in [0.25, 0.3) is 28.1 Å². The van der Waals surface area contributed by atoms with Crippen molar-refractivity contribution >= 4 is 26.7 Å². The molecule has 0 aliphatic heterocycles. The Labute approximate surface area is 207 Å². The number of hydrogen-bond acceptors (Lipinski definition) is 6. The van der Waals surface area contributed by atoms with Gasteiger partial charge in [-0.05, 0) is 36.2 Å². The van der Waals surface area contributed by atoms with Crippen molar-refractivity contribution in [2.75, 3.05) is 18.1 Å². The van der Waals surface area contributed by atoms with Crippen LogP contribution in [0.3, 0.4) is 0 Å². The fourth-order valence-corrected chi connectivity index (χ4v) is 4.61. The number of aromatic amines is 2. The molecule has 36 heavy (non-hydrogen) atoms. The number of hydrogen-bond donors (Lipinski definition) is 4. The second-order valence-corrected chi connectivity index (χ2v) is 10.4. The molecule has 5 rings (SSSR count). The summed E-state index contributed by atoms with van der Waals surface area (Å²) in [6, 6.07) is 14.7. The van der Waals surface area contributed by atoms with Gasteiger partial charge in [0, 0.05) is 30.8 Å². The molecule has 0 unspecified atom stereocenters. The maximum atomic E-state index is 13.0. The number of aromatic nitrogens is 5. The lowest BCUT2D eigenvalue weighted by Gasteiger charge is -2.21. The summed E-state index contributed by atoms with van der Waals surface area (Å²) < 4.78 is 28.0. The van der Waals surface area contributed by atoms with E-state index in [1.165, 1.54) is 0 Å². The molecule has 0 bridgehead atoms. The van der Waals surface area contributed by atoms with Crippen LogP contribution in [0.5, 0.6) is 0 Å². The van der Waals surface area contributed by atoms with Crippen LogP contribution in [0.1, 0.15) is 17.2 Å². The average Bonchev–Trinajstić information content (AvgIpc) is 3.52. The third kappa shape index (κ3) is 4.92. The van der Waals surface area contributed by atoms with Crippen molar-refractivity contribution in [1.82, 2.24) is 29.2 Å². The van der Waals surface area contributed by atoms with Crippen molar-refractivity contribution in [1.29, 1.82) is 0 Å². The number of aryl methyl sites for hydroxylation is 1. The summed E-state index contributed by atoms with van der Waals surface area (Å²) in [5.41, 5.74) is 4.79. The van der Waals surface area contributed by atoms with Crippen LogP contribution in [0.15, 0.2) is 78.2 Å². The molecule has 11 heteroatoms. The zero-order valence-electron chi connectivity index (χ0n) is 19.7. The lowest BCUT2D eigenvalue weighted by molar-refractivity contribution is 0.582. The van der Waals surface area contributed by atoms with Gasteiger partial charge in [0.05, 0.1) is 35.3 Å². The molecule has 10 nitrogen and oxygen atoms in total. The maximum absolute atomic E-state index is 13.0. The highest BCUT2D eigenvalue weighted by Crippen LogP contribution is 2.29. The molecule has 0 amide bonds. The van der Waals surface area contributed by atoms with E-state index in [0.717, 1.165) is 34.1 Å². The van der Waals surface area contributed by atoms with E-state index in [1.54, 1.807) is 24.8 Å². The predicted molar refractivity (Wildman–Crippen MR) is 140 cm³/mol. The number of sulfonamides is 1. The Balaban J connectivity index is 1.57. The molecule has 3 aromatic heterocycles. The molecular weight excluding hydrogens is 478 g/mol. The first-order valence-electron chi connectivity index (χ1n) is 11.3. The predicted octanol–water partition coefficient (Wildman–Crippen LogP) is 3.11. The van der Waals surface area contributed by atoms with Crippen molar-refractivity contribution < 1.29 is 8.42 Å². The SMILES string of the molecule is Cc1cc(-n2ccnc2)cc2[nH]c(-c3c(N[C@@H](CNS(C)(=O)=O)c4ccccc4)cc[nH]c3=O)nc12. The number of anilines is 1. The Kier molecular flexibility index (Phi) is 6.17. The van der Waals surface area contributed by atoms with Crippen molar-refractivity contribution in [2.45, 2.75) is 13.0 Å². The zero-order valence-corrected chi connectivity index (χ0v) is 20.5. The minimum absolute atomic E-state index is 0.0998. The fourth-order valence-electron chi connectivity index (χ4n) is 4.14. The van der Waals surface area contributed by atoms with Crippen LogP contribution in [-0.4, -0.2) is 45.7 Å². The Morgan fingerprint density at radius 3 is 2.67 bits per heavy atom. The number of fused-ring (bicyclic) bond motifs is 1. The first-order chi connectivity index (χ1) is 17.3. The summed E-state index contributed by atoms with van der Waals surface area (Å²) in [5, 5.41) is 3.35. The summed E-state index contributed by atoms with van der Waals surface area (Å²) in [4.78, 5) is 27.9. The van der Waals surface area contributed by atoms with E-state index in [-0.39, 0.29) is 12.1 Å². The molecule has 2 aromatic carbocycles. The van der Waals surface area contributed by atoms with Gasteiger partial charge in [0.1, 0.15) is 11.4 Å². The van der Waals surface area contributed by atoms with Gasteiger partial charge >= 0.3 is 0 Å². The van der Waals surface area contributed by atoms with E-state index in [2.05, 4.69) is 25.0 Å². The first-order valence-corrected chi connectivity index (χ1v) is 13.1. The van der Waals surface area contributed by atoms with Gasteiger partial charge in [0.2, 0.25) is 10.0 Å². The van der Waals surface area contributed by atoms with Gasteiger partial charge in [-0.1, -0.05) is 30.3 Å². The molecular formula is C25H25N7O3S. The topological polar surface area (TPSA) is 138 Å². The molecule has 0 aliphatic carbocycles. The van der Waals surface area contributed by atoms with Gasteiger partial charge in [0.15, 0.2) is 0 Å². The molecule has 0 radical (unpaired) electrons. The molecule has 4 N–H and O–H groups in total. The molecule has 5 aromatic rings. The molecule has 0 saturated carbocycles. The van der Waals surface area contributed by atoms with Gasteiger partial charge in [-0.25, -0.2) is 23.1 Å². The van der Waals surface area contributed by atoms with Crippen LogP contribution >= 0.6 is 0 Å². The van der Waals surface area contributed by atoms with Gasteiger partial charge in [0.25, 0.3) is 5.56 Å². The van der Waals surface area contributed by atoms with Crippen molar-refractivity contribution in [2.24, 2.45) is 0 Å². The van der Waals surface area contributed by atoms with E-state index in [9.17, 15) is 13.2 Å². The number of pyridine rings is 1. The van der Waals surface area contributed by atoms with Crippen LogP contribution in [-0.2, 0) is 10.0 Å². The third-order valence-electron chi connectivity index (χ3n) is 5.84. The van der Waals surface area contributed by atoms with E-state index in [4.69, 9.17) is 4.98 Å². The number of nitrogens with one attached hydrogen (secondary N) is 4. The Bertz CT molecular complexity index is 1670. The minimum atomic E-state index is -3.42. The Morgan fingerprint density at radius 2 is 1.94 bits per heavy atom. The Hall–Kier alpha value is -4.22. The fraction of sp³-hybridized carbons (Fsp3) is 0.160. The quantitative estimate of drug-likeness (QED) is 0.257. The highest BCUT2D eigenvalue weighted by atomic mass is 32.2. The van der Waals surface area contributed by atoms with Gasteiger partial charge in [-0.2, -0.15) is 0 Å². The lowest BCUT2D eigenvalue weighted by Crippen LogP contribution is -2.31. The monoisotopic (exact) mass is 503 g/mol. The second kappa shape index (κ2) is 9.44. The Morgan fingerprint density at radius 1 is 1.14 bits per heavy atom. The molecule has 0 fully saturated rings. The van der Waals surface area contributed by atoms with E-state index in [0.29, 0.717) is 17.1 Å². The second-order valence-electron chi connectivity index (χ2n) is 8.54. The molecule has 0 spiro atoms. The number of benzene rings is 2. The summed E-state index contributed by atoms with van der Waals surface area (Å²) >= 11 is 0. The van der Waals surface area contributed by atoms with Crippen LogP contribution < -0.4 is 15.6 Å². The normalized spacial score (nSPS) is 12.6. The lowest BCUT2D eigenvalue weighted by atomic mass is 10.1. The summed E-state index contributed by atoms with van der Waals surface area (Å²) in [7, 11) is -3.42. The smallest absolute Gasteiger partial charge is 0.261 e. The summed E-state index contributed by atoms with van der Waals surface area (Å²) in [6.45, 7) is 2.06. The molecule has 0 aliphatic rings. The highest BCUT2D eigenvalue weighted by Gasteiger charge is 2.20. The number of imidazole rings is 2. The van der Waals surface area contributed by atoms with Crippen molar-refractivity contribution in [3.05, 3.63) is 94.9 Å². The molecule has 3 heterocycles. The summed E-state index contributed by atoms with van der Waals surface area (Å²) in [5.74, 6) is 0.406. The van der Waals surface area contributed by atoms with Gasteiger partial charge in [-0.15, -0.1) is 0 Å². The van der Waals surface area contributed by atoms with Crippen LogP contribution in [0.4, 0.5) is 5.69 Å². The van der Waals surface area contributed by atoms with Crippen molar-refractivity contribution in [3.8, 4) is 17.1 Å². The summed E-state index contributed by atoms with van der Waals surface area (Å²) in [6.07, 6.45) is 7.95. The zero-order chi connectivity index (χ0) is 25.3. The van der Waals surface area contributed by atoms with Gasteiger partial charge < -0.3 is 19.9 Å². The molecule has 184 valence electrons. The van der Waals surface area contributed by atoms with Gasteiger partial charge in [-0.3, -0.25) is 4.79 Å². The first kappa shape index (κ1) is 23.5. The third-order valence-corrected chi connectivity index (χ3v) is 6.53. The van der Waals surface area contributed by atoms with Crippen LogP contribution in [0, 0.1) is 6.92 Å². The number of H-pyrrole nitrogens is 2. The van der Waals surface area contributed by atoms with E-state index >= 15 is 0 Å². The number of rotatable bonds is 8. The van der Waals surface area contributed by atoms with E-state index in [1.807, 2.05) is 60.2 Å². The average molecular weight is 504 g/mol. The maximum Gasteiger partial charge on any atom is 0.261 e. The number of nitrogens with zero attached hydrogens (tertiary/aromatic N) is 3. The molecule has 0 saturated heterocycles. The highest BCUT2D eigenvalue weighted by molar-refractivity contribution is 7.88. The largest absolute Gasteiger partial charge is 0.376 e. The molecule has 1 atom stereocenters. The standard InChI is InChI=1S/C25H25N7O3S/c1-16-12-18(32-11-10-26-15-32)13-20-23(16)31-24(30-20)22-19(8-9-27-25(22)33)29-21(14-28-36(2,34)35)17-6-4-3-5-7-17/h3-13,15,21,28H,14H2,1-2H3,(H,30,31)(H2,27,29,33)/t21-/m0/s1. The van der Waals surface area contributed by atoms with Crippen LogP contribution in [0.2, 0.25) is 0 Å². The minimum Gasteiger partial charge on any atom is -0.376 e. The van der Waals surface area contributed by atoms with Crippen molar-refractivity contribution in [3.63, 3.8) is 0 Å². The van der Waals surface area contributed by atoms with E-state index < -0.39 is 16.1 Å².